The van der Waals surface area contributed by atoms with Crippen molar-refractivity contribution in [2.45, 2.75) is 71.0 Å². The van der Waals surface area contributed by atoms with Crippen LogP contribution in [0.15, 0.2) is 12.4 Å². The fourth-order valence-corrected chi connectivity index (χ4v) is 3.98. The monoisotopic (exact) mass is 289 g/mol. The van der Waals surface area contributed by atoms with E-state index in [1.54, 1.807) is 0 Å². The van der Waals surface area contributed by atoms with E-state index in [2.05, 4.69) is 23.1 Å². The van der Waals surface area contributed by atoms with Crippen LogP contribution in [0.5, 0.6) is 0 Å². The summed E-state index contributed by atoms with van der Waals surface area (Å²) in [7, 11) is 0. The number of carbonyl (C=O) groups is 1. The van der Waals surface area contributed by atoms with E-state index in [4.69, 9.17) is 0 Å². The molecule has 21 heavy (non-hydrogen) atoms. The molecule has 1 aliphatic carbocycles. The van der Waals surface area contributed by atoms with Crippen LogP contribution >= 0.6 is 0 Å². The number of rotatable bonds is 4. The Kier molecular flexibility index (Phi) is 4.73. The number of Topliss-reactive ketones (excluding diaryl/α,β-unsaturated/α-hetero) is 1. The molecule has 0 amide bonds. The van der Waals surface area contributed by atoms with Gasteiger partial charge in [-0.3, -0.25) is 14.4 Å². The average molecular weight is 289 g/mol. The predicted molar refractivity (Wildman–Crippen MR) is 82.9 cm³/mol. The van der Waals surface area contributed by atoms with E-state index in [1.165, 1.54) is 31.2 Å². The highest BCUT2D eigenvalue weighted by molar-refractivity contribution is 5.82. The van der Waals surface area contributed by atoms with Crippen LogP contribution in [0.3, 0.4) is 0 Å². The van der Waals surface area contributed by atoms with Crippen molar-refractivity contribution in [3.05, 3.63) is 18.0 Å². The van der Waals surface area contributed by atoms with Gasteiger partial charge in [0, 0.05) is 43.2 Å². The molecule has 0 radical (unpaired) electrons. The Labute approximate surface area is 127 Å². The van der Waals surface area contributed by atoms with Crippen LogP contribution in [0.2, 0.25) is 0 Å². The van der Waals surface area contributed by atoms with Gasteiger partial charge in [0.1, 0.15) is 5.78 Å². The minimum absolute atomic E-state index is 0.292. The maximum atomic E-state index is 12.3. The first-order chi connectivity index (χ1) is 10.3. The summed E-state index contributed by atoms with van der Waals surface area (Å²) in [6, 6.07) is 0.469. The lowest BCUT2D eigenvalue weighted by atomic mass is 9.79. The van der Waals surface area contributed by atoms with Gasteiger partial charge in [0.2, 0.25) is 0 Å². The molecule has 2 atom stereocenters. The summed E-state index contributed by atoms with van der Waals surface area (Å²) in [5.41, 5.74) is 1.28. The van der Waals surface area contributed by atoms with E-state index in [1.807, 2.05) is 10.9 Å². The zero-order valence-electron chi connectivity index (χ0n) is 13.1. The lowest BCUT2D eigenvalue weighted by Gasteiger charge is -2.41. The van der Waals surface area contributed by atoms with Crippen molar-refractivity contribution < 1.29 is 4.79 Å². The van der Waals surface area contributed by atoms with E-state index < -0.39 is 0 Å². The molecule has 2 heterocycles. The van der Waals surface area contributed by atoms with Crippen LogP contribution in [0.1, 0.15) is 57.4 Å². The zero-order chi connectivity index (χ0) is 14.7. The molecule has 0 aromatic carbocycles. The molecule has 2 unspecified atom stereocenters. The Morgan fingerprint density at radius 3 is 2.86 bits per heavy atom. The second kappa shape index (κ2) is 6.73. The van der Waals surface area contributed by atoms with Crippen LogP contribution in [0.4, 0.5) is 0 Å². The summed E-state index contributed by atoms with van der Waals surface area (Å²) in [5, 5.41) is 4.38. The number of ketones is 1. The Hall–Kier alpha value is -1.16. The van der Waals surface area contributed by atoms with Gasteiger partial charge in [-0.25, -0.2) is 0 Å². The fraction of sp³-hybridized carbons (Fsp3) is 0.765. The van der Waals surface area contributed by atoms with Gasteiger partial charge >= 0.3 is 0 Å². The smallest absolute Gasteiger partial charge is 0.137 e. The molecule has 2 fully saturated rings. The van der Waals surface area contributed by atoms with E-state index >= 15 is 0 Å². The van der Waals surface area contributed by atoms with Crippen molar-refractivity contribution in [2.24, 2.45) is 5.92 Å². The molecule has 2 aliphatic rings. The number of nitrogens with zero attached hydrogens (tertiary/aromatic N) is 3. The molecular formula is C17H27N3O. The Balaban J connectivity index is 1.70. The van der Waals surface area contributed by atoms with Crippen LogP contribution in [0, 0.1) is 5.92 Å². The summed E-state index contributed by atoms with van der Waals surface area (Å²) in [6.45, 7) is 5.12. The number of hydrogen-bond donors (Lipinski definition) is 0. The van der Waals surface area contributed by atoms with Gasteiger partial charge in [-0.05, 0) is 39.2 Å². The van der Waals surface area contributed by atoms with Gasteiger partial charge in [0.25, 0.3) is 0 Å². The van der Waals surface area contributed by atoms with E-state index in [-0.39, 0.29) is 0 Å². The standard InChI is InChI=1S/C17H27N3O/c1-2-20-13-14(11-18-20)12-19-10-6-5-8-16(19)15-7-3-4-9-17(15)21/h11,13,15-16H,2-10,12H2,1H3. The SMILES string of the molecule is CCn1cc(CN2CCCCC2C2CCCCC2=O)cn1. The number of hydrogen-bond acceptors (Lipinski definition) is 3. The molecule has 3 rings (SSSR count). The highest BCUT2D eigenvalue weighted by atomic mass is 16.1. The molecule has 4 heteroatoms. The Bertz CT molecular complexity index is 482. The highest BCUT2D eigenvalue weighted by Crippen LogP contribution is 2.32. The third-order valence-electron chi connectivity index (χ3n) is 5.13. The molecule has 1 aromatic rings. The normalized spacial score (nSPS) is 28.0. The van der Waals surface area contributed by atoms with E-state index in [0.717, 1.165) is 38.9 Å². The maximum Gasteiger partial charge on any atom is 0.137 e. The number of likely N-dealkylation sites (tertiary alicyclic amines) is 1. The minimum atomic E-state index is 0.292. The van der Waals surface area contributed by atoms with Crippen LogP contribution < -0.4 is 0 Å². The third kappa shape index (κ3) is 3.37. The van der Waals surface area contributed by atoms with Gasteiger partial charge in [-0.2, -0.15) is 5.10 Å². The number of aromatic nitrogens is 2. The van der Waals surface area contributed by atoms with Crippen molar-refractivity contribution in [2.75, 3.05) is 6.54 Å². The minimum Gasteiger partial charge on any atom is -0.299 e. The molecule has 1 aliphatic heterocycles. The number of carbonyl (C=O) groups excluding carboxylic acids is 1. The maximum absolute atomic E-state index is 12.3. The largest absolute Gasteiger partial charge is 0.299 e. The topological polar surface area (TPSA) is 38.1 Å². The zero-order valence-corrected chi connectivity index (χ0v) is 13.1. The lowest BCUT2D eigenvalue weighted by molar-refractivity contribution is -0.127. The summed E-state index contributed by atoms with van der Waals surface area (Å²) in [5.74, 6) is 0.808. The van der Waals surface area contributed by atoms with Gasteiger partial charge in [-0.15, -0.1) is 0 Å². The van der Waals surface area contributed by atoms with Gasteiger partial charge < -0.3 is 0 Å². The summed E-state index contributed by atoms with van der Waals surface area (Å²) < 4.78 is 1.99. The molecule has 0 N–H and O–H groups in total. The summed E-state index contributed by atoms with van der Waals surface area (Å²) in [4.78, 5) is 14.8. The van der Waals surface area contributed by atoms with Crippen molar-refractivity contribution in [1.82, 2.24) is 14.7 Å². The molecule has 1 aromatic heterocycles. The van der Waals surface area contributed by atoms with E-state index in [0.29, 0.717) is 17.7 Å². The van der Waals surface area contributed by atoms with Crippen molar-refractivity contribution >= 4 is 5.78 Å². The second-order valence-electron chi connectivity index (χ2n) is 6.56. The fourth-order valence-electron chi connectivity index (χ4n) is 3.98. The van der Waals surface area contributed by atoms with Crippen LogP contribution in [-0.4, -0.2) is 33.1 Å². The van der Waals surface area contributed by atoms with E-state index in [9.17, 15) is 4.79 Å². The lowest BCUT2D eigenvalue weighted by Crippen LogP contribution is -2.46. The average Bonchev–Trinajstić information content (AvgIpc) is 2.96. The van der Waals surface area contributed by atoms with Crippen LogP contribution in [0.25, 0.3) is 0 Å². The quantitative estimate of drug-likeness (QED) is 0.855. The molecule has 1 saturated carbocycles. The highest BCUT2D eigenvalue weighted by Gasteiger charge is 2.35. The molecule has 0 spiro atoms. The molecule has 0 bridgehead atoms. The molecular weight excluding hydrogens is 262 g/mol. The number of aryl methyl sites for hydroxylation is 1. The first-order valence-electron chi connectivity index (χ1n) is 8.56. The molecule has 1 saturated heterocycles. The van der Waals surface area contributed by atoms with Crippen LogP contribution in [-0.2, 0) is 17.9 Å². The predicted octanol–water partition coefficient (Wildman–Crippen LogP) is 3.02. The van der Waals surface area contributed by atoms with Gasteiger partial charge in [-0.1, -0.05) is 12.8 Å². The van der Waals surface area contributed by atoms with Crippen molar-refractivity contribution in [1.29, 1.82) is 0 Å². The van der Waals surface area contributed by atoms with Gasteiger partial charge in [0.05, 0.1) is 6.20 Å². The van der Waals surface area contributed by atoms with Crippen molar-refractivity contribution in [3.63, 3.8) is 0 Å². The Morgan fingerprint density at radius 2 is 2.10 bits per heavy atom. The first-order valence-corrected chi connectivity index (χ1v) is 8.56. The second-order valence-corrected chi connectivity index (χ2v) is 6.56. The first kappa shape index (κ1) is 14.8. The summed E-state index contributed by atoms with van der Waals surface area (Å²) >= 11 is 0. The summed E-state index contributed by atoms with van der Waals surface area (Å²) in [6.07, 6.45) is 12.1. The van der Waals surface area contributed by atoms with Crippen molar-refractivity contribution in [3.8, 4) is 0 Å². The molecule has 4 nitrogen and oxygen atoms in total. The molecule has 116 valence electrons. The Morgan fingerprint density at radius 1 is 1.24 bits per heavy atom. The van der Waals surface area contributed by atoms with Gasteiger partial charge in [0.15, 0.2) is 0 Å². The number of piperidine rings is 1. The third-order valence-corrected chi connectivity index (χ3v) is 5.13.